The van der Waals surface area contributed by atoms with Gasteiger partial charge in [0.2, 0.25) is 0 Å². The van der Waals surface area contributed by atoms with Crippen molar-refractivity contribution in [1.82, 2.24) is 20.0 Å². The summed E-state index contributed by atoms with van der Waals surface area (Å²) in [6.07, 6.45) is 2.74. The molecule has 0 amide bonds. The lowest BCUT2D eigenvalue weighted by atomic mass is 10.0. The van der Waals surface area contributed by atoms with Crippen molar-refractivity contribution in [1.29, 1.82) is 0 Å². The Kier molecular flexibility index (Phi) is 5.23. The van der Waals surface area contributed by atoms with E-state index >= 15 is 0 Å². The van der Waals surface area contributed by atoms with Crippen LogP contribution in [0.5, 0.6) is 0 Å². The van der Waals surface area contributed by atoms with E-state index in [-0.39, 0.29) is 5.54 Å². The molecule has 1 atom stereocenters. The number of hydrogen-bond donors (Lipinski definition) is 1. The average Bonchev–Trinajstić information content (AvgIpc) is 2.75. The second-order valence-corrected chi connectivity index (χ2v) is 7.02. The fourth-order valence-corrected chi connectivity index (χ4v) is 3.66. The van der Waals surface area contributed by atoms with Gasteiger partial charge in [0.25, 0.3) is 0 Å². The van der Waals surface area contributed by atoms with Crippen molar-refractivity contribution in [3.05, 3.63) is 0 Å². The van der Waals surface area contributed by atoms with Crippen LogP contribution in [0.4, 0.5) is 0 Å². The lowest BCUT2D eigenvalue weighted by molar-refractivity contribution is 0.0648. The SMILES string of the molecule is CN(CC1CCCN1C)CC(C)(C)N1CCNCC1. The topological polar surface area (TPSA) is 21.8 Å². The molecule has 0 bridgehead atoms. The molecule has 0 saturated carbocycles. The summed E-state index contributed by atoms with van der Waals surface area (Å²) in [6, 6.07) is 0.767. The van der Waals surface area contributed by atoms with E-state index < -0.39 is 0 Å². The summed E-state index contributed by atoms with van der Waals surface area (Å²) in [4.78, 5) is 7.70. The molecule has 2 fully saturated rings. The van der Waals surface area contributed by atoms with Crippen molar-refractivity contribution >= 4 is 0 Å². The zero-order valence-electron chi connectivity index (χ0n) is 13.3. The van der Waals surface area contributed by atoms with Crippen LogP contribution in [0.3, 0.4) is 0 Å². The van der Waals surface area contributed by atoms with E-state index in [0.29, 0.717) is 0 Å². The molecule has 0 aromatic rings. The van der Waals surface area contributed by atoms with E-state index in [2.05, 4.69) is 48.0 Å². The predicted molar refractivity (Wildman–Crippen MR) is 81.7 cm³/mol. The van der Waals surface area contributed by atoms with Crippen LogP contribution in [0.15, 0.2) is 0 Å². The Labute approximate surface area is 119 Å². The van der Waals surface area contributed by atoms with Crippen LogP contribution in [-0.2, 0) is 0 Å². The Morgan fingerprint density at radius 2 is 1.89 bits per heavy atom. The van der Waals surface area contributed by atoms with Gasteiger partial charge in [-0.2, -0.15) is 0 Å². The van der Waals surface area contributed by atoms with Crippen LogP contribution in [0.25, 0.3) is 0 Å². The highest BCUT2D eigenvalue weighted by Gasteiger charge is 2.30. The Hall–Kier alpha value is -0.160. The summed E-state index contributed by atoms with van der Waals surface area (Å²) >= 11 is 0. The quantitative estimate of drug-likeness (QED) is 0.792. The van der Waals surface area contributed by atoms with Crippen molar-refractivity contribution in [2.24, 2.45) is 0 Å². The van der Waals surface area contributed by atoms with Crippen molar-refractivity contribution in [2.45, 2.75) is 38.3 Å². The molecule has 2 saturated heterocycles. The summed E-state index contributed by atoms with van der Waals surface area (Å²) in [5.41, 5.74) is 0.286. The Balaban J connectivity index is 1.80. The molecule has 0 aromatic carbocycles. The smallest absolute Gasteiger partial charge is 0.0281 e. The number of likely N-dealkylation sites (tertiary alicyclic amines) is 1. The lowest BCUT2D eigenvalue weighted by Crippen LogP contribution is -2.57. The average molecular weight is 268 g/mol. The number of nitrogens with one attached hydrogen (secondary N) is 1. The van der Waals surface area contributed by atoms with Crippen molar-refractivity contribution in [3.8, 4) is 0 Å². The molecule has 2 aliphatic rings. The molecule has 112 valence electrons. The molecule has 0 aromatic heterocycles. The minimum atomic E-state index is 0.286. The summed E-state index contributed by atoms with van der Waals surface area (Å²) in [5.74, 6) is 0. The summed E-state index contributed by atoms with van der Waals surface area (Å²) < 4.78 is 0. The number of likely N-dealkylation sites (N-methyl/N-ethyl adjacent to an activating group) is 2. The minimum Gasteiger partial charge on any atom is -0.314 e. The third-order valence-corrected chi connectivity index (χ3v) is 4.82. The van der Waals surface area contributed by atoms with Gasteiger partial charge in [-0.1, -0.05) is 0 Å². The summed E-state index contributed by atoms with van der Waals surface area (Å²) in [5, 5.41) is 3.44. The zero-order chi connectivity index (χ0) is 13.9. The highest BCUT2D eigenvalue weighted by molar-refractivity contribution is 4.88. The minimum absolute atomic E-state index is 0.286. The van der Waals surface area contributed by atoms with E-state index in [1.165, 1.54) is 39.0 Å². The summed E-state index contributed by atoms with van der Waals surface area (Å²) in [7, 11) is 4.56. The molecule has 2 aliphatic heterocycles. The highest BCUT2D eigenvalue weighted by atomic mass is 15.3. The van der Waals surface area contributed by atoms with Crippen molar-refractivity contribution in [3.63, 3.8) is 0 Å². The van der Waals surface area contributed by atoms with Gasteiger partial charge in [-0.05, 0) is 47.3 Å². The lowest BCUT2D eigenvalue weighted by Gasteiger charge is -2.43. The molecule has 1 unspecified atom stereocenters. The number of hydrogen-bond acceptors (Lipinski definition) is 4. The second-order valence-electron chi connectivity index (χ2n) is 7.02. The monoisotopic (exact) mass is 268 g/mol. The van der Waals surface area contributed by atoms with Gasteiger partial charge in [-0.25, -0.2) is 0 Å². The first-order valence-corrected chi connectivity index (χ1v) is 7.83. The summed E-state index contributed by atoms with van der Waals surface area (Å²) in [6.45, 7) is 13.1. The molecule has 0 spiro atoms. The number of rotatable bonds is 5. The molecule has 0 radical (unpaired) electrons. The van der Waals surface area contributed by atoms with E-state index in [4.69, 9.17) is 0 Å². The molecule has 19 heavy (non-hydrogen) atoms. The van der Waals surface area contributed by atoms with Crippen LogP contribution >= 0.6 is 0 Å². The molecule has 1 N–H and O–H groups in total. The fourth-order valence-electron chi connectivity index (χ4n) is 3.66. The van der Waals surface area contributed by atoms with Gasteiger partial charge in [0, 0.05) is 50.8 Å². The van der Waals surface area contributed by atoms with Gasteiger partial charge in [0.15, 0.2) is 0 Å². The predicted octanol–water partition coefficient (Wildman–Crippen LogP) is 0.696. The maximum Gasteiger partial charge on any atom is 0.0281 e. The Bertz CT molecular complexity index is 273. The highest BCUT2D eigenvalue weighted by Crippen LogP contribution is 2.19. The maximum absolute atomic E-state index is 3.44. The standard InChI is InChI=1S/C15H32N4/c1-15(2,19-10-7-16-8-11-19)13-17(3)12-14-6-5-9-18(14)4/h14,16H,5-13H2,1-4H3. The van der Waals surface area contributed by atoms with E-state index in [1.54, 1.807) is 0 Å². The van der Waals surface area contributed by atoms with E-state index in [0.717, 1.165) is 25.7 Å². The van der Waals surface area contributed by atoms with Gasteiger partial charge in [0.05, 0.1) is 0 Å². The first kappa shape index (κ1) is 15.2. The van der Waals surface area contributed by atoms with Crippen molar-refractivity contribution < 1.29 is 0 Å². The van der Waals surface area contributed by atoms with Gasteiger partial charge < -0.3 is 15.1 Å². The molecule has 0 aliphatic carbocycles. The van der Waals surface area contributed by atoms with Gasteiger partial charge in [-0.3, -0.25) is 4.90 Å². The third kappa shape index (κ3) is 4.15. The molecule has 2 rings (SSSR count). The van der Waals surface area contributed by atoms with E-state index in [9.17, 15) is 0 Å². The Morgan fingerprint density at radius 1 is 1.21 bits per heavy atom. The molecule has 4 heteroatoms. The van der Waals surface area contributed by atoms with Crippen LogP contribution < -0.4 is 5.32 Å². The van der Waals surface area contributed by atoms with Crippen LogP contribution in [0.2, 0.25) is 0 Å². The number of piperazine rings is 1. The molecule has 4 nitrogen and oxygen atoms in total. The van der Waals surface area contributed by atoms with Gasteiger partial charge in [-0.15, -0.1) is 0 Å². The van der Waals surface area contributed by atoms with Crippen LogP contribution in [0, 0.1) is 0 Å². The first-order chi connectivity index (χ1) is 8.99. The fraction of sp³-hybridized carbons (Fsp3) is 1.00. The normalized spacial score (nSPS) is 27.3. The largest absolute Gasteiger partial charge is 0.314 e. The van der Waals surface area contributed by atoms with Crippen LogP contribution in [0.1, 0.15) is 26.7 Å². The number of nitrogens with zero attached hydrogens (tertiary/aromatic N) is 3. The molecular formula is C15H32N4. The van der Waals surface area contributed by atoms with Gasteiger partial charge >= 0.3 is 0 Å². The Morgan fingerprint density at radius 3 is 2.47 bits per heavy atom. The first-order valence-electron chi connectivity index (χ1n) is 7.83. The van der Waals surface area contributed by atoms with Crippen LogP contribution in [-0.4, -0.2) is 86.2 Å². The second kappa shape index (κ2) is 6.53. The van der Waals surface area contributed by atoms with E-state index in [1.807, 2.05) is 0 Å². The zero-order valence-corrected chi connectivity index (χ0v) is 13.3. The van der Waals surface area contributed by atoms with Gasteiger partial charge in [0.1, 0.15) is 0 Å². The third-order valence-electron chi connectivity index (χ3n) is 4.82. The maximum atomic E-state index is 3.44. The van der Waals surface area contributed by atoms with Crippen molar-refractivity contribution in [2.75, 3.05) is 59.9 Å². The molecular weight excluding hydrogens is 236 g/mol. The molecule has 2 heterocycles.